The standard InChI is InChI=1S/C22H30ClNO3/c1-17(25)27-16-10-8-6-4-3-5-7-9-11-18-12-13-19-20(23)14-15-21(26-2)22(19)24-18/h12-15H,3-11,16H2,1-2H3. The molecule has 0 aliphatic heterocycles. The second-order valence-corrected chi connectivity index (χ2v) is 7.27. The van der Waals surface area contributed by atoms with E-state index in [1.807, 2.05) is 18.2 Å². The van der Waals surface area contributed by atoms with E-state index in [0.29, 0.717) is 11.6 Å². The predicted octanol–water partition coefficient (Wildman–Crippen LogP) is 6.12. The minimum absolute atomic E-state index is 0.183. The summed E-state index contributed by atoms with van der Waals surface area (Å²) in [6, 6.07) is 7.82. The molecule has 0 unspecified atom stereocenters. The maximum absolute atomic E-state index is 10.7. The average molecular weight is 392 g/mol. The number of unbranched alkanes of at least 4 members (excludes halogenated alkanes) is 7. The summed E-state index contributed by atoms with van der Waals surface area (Å²) in [5.41, 5.74) is 1.93. The highest BCUT2D eigenvalue weighted by atomic mass is 35.5. The van der Waals surface area contributed by atoms with Crippen molar-refractivity contribution in [1.82, 2.24) is 4.98 Å². The van der Waals surface area contributed by atoms with Gasteiger partial charge in [0.25, 0.3) is 0 Å². The summed E-state index contributed by atoms with van der Waals surface area (Å²) in [7, 11) is 1.66. The Balaban J connectivity index is 1.63. The molecule has 2 rings (SSSR count). The van der Waals surface area contributed by atoms with Crippen LogP contribution in [0.25, 0.3) is 10.9 Å². The summed E-state index contributed by atoms with van der Waals surface area (Å²) in [4.78, 5) is 15.4. The Kier molecular flexibility index (Phi) is 9.40. The lowest BCUT2D eigenvalue weighted by Crippen LogP contribution is -2.00. The molecule has 0 amide bonds. The van der Waals surface area contributed by atoms with E-state index in [4.69, 9.17) is 26.1 Å². The molecule has 0 N–H and O–H groups in total. The van der Waals surface area contributed by atoms with Crippen molar-refractivity contribution >= 4 is 28.5 Å². The van der Waals surface area contributed by atoms with E-state index in [9.17, 15) is 4.79 Å². The van der Waals surface area contributed by atoms with Crippen LogP contribution in [0, 0.1) is 0 Å². The van der Waals surface area contributed by atoms with Gasteiger partial charge in [0.05, 0.1) is 18.7 Å². The summed E-state index contributed by atoms with van der Waals surface area (Å²) < 4.78 is 10.3. The fraction of sp³-hybridized carbons (Fsp3) is 0.545. The highest BCUT2D eigenvalue weighted by Crippen LogP contribution is 2.30. The number of hydrogen-bond donors (Lipinski definition) is 0. The Morgan fingerprint density at radius 3 is 2.30 bits per heavy atom. The molecule has 1 aromatic carbocycles. The maximum Gasteiger partial charge on any atom is 0.302 e. The van der Waals surface area contributed by atoms with Crippen molar-refractivity contribution in [2.75, 3.05) is 13.7 Å². The molecule has 0 bridgehead atoms. The summed E-state index contributed by atoms with van der Waals surface area (Å²) in [6.07, 6.45) is 10.5. The van der Waals surface area contributed by atoms with Gasteiger partial charge in [0, 0.05) is 18.0 Å². The highest BCUT2D eigenvalue weighted by molar-refractivity contribution is 6.35. The minimum Gasteiger partial charge on any atom is -0.494 e. The van der Waals surface area contributed by atoms with Crippen LogP contribution in [0.3, 0.4) is 0 Å². The summed E-state index contributed by atoms with van der Waals surface area (Å²) in [6.45, 7) is 2.02. The van der Waals surface area contributed by atoms with Crippen LogP contribution in [0.1, 0.15) is 64.0 Å². The molecule has 5 heteroatoms. The first kappa shape index (κ1) is 21.5. The lowest BCUT2D eigenvalue weighted by molar-refractivity contribution is -0.141. The number of carbonyl (C=O) groups is 1. The largest absolute Gasteiger partial charge is 0.494 e. The molecule has 0 spiro atoms. The Morgan fingerprint density at radius 2 is 1.63 bits per heavy atom. The quantitative estimate of drug-likeness (QED) is 0.323. The van der Waals surface area contributed by atoms with Crippen molar-refractivity contribution in [2.45, 2.75) is 64.7 Å². The molecule has 148 valence electrons. The van der Waals surface area contributed by atoms with E-state index in [1.165, 1.54) is 39.0 Å². The Hall–Kier alpha value is -1.81. The fourth-order valence-corrected chi connectivity index (χ4v) is 3.40. The molecular formula is C22H30ClNO3. The van der Waals surface area contributed by atoms with Gasteiger partial charge in [0.1, 0.15) is 11.3 Å². The van der Waals surface area contributed by atoms with E-state index in [-0.39, 0.29) is 5.97 Å². The van der Waals surface area contributed by atoms with Gasteiger partial charge in [-0.3, -0.25) is 4.79 Å². The van der Waals surface area contributed by atoms with Crippen LogP contribution in [-0.4, -0.2) is 24.7 Å². The number of carbonyl (C=O) groups excluding carboxylic acids is 1. The molecule has 1 aromatic heterocycles. The number of aromatic nitrogens is 1. The first-order valence-corrected chi connectivity index (χ1v) is 10.2. The molecule has 0 atom stereocenters. The molecule has 0 aliphatic rings. The molecule has 2 aromatic rings. The van der Waals surface area contributed by atoms with Crippen molar-refractivity contribution in [3.05, 3.63) is 35.0 Å². The van der Waals surface area contributed by atoms with Crippen LogP contribution < -0.4 is 4.74 Å². The minimum atomic E-state index is -0.183. The zero-order chi connectivity index (χ0) is 19.5. The topological polar surface area (TPSA) is 48.4 Å². The average Bonchev–Trinajstić information content (AvgIpc) is 2.66. The van der Waals surface area contributed by atoms with Crippen LogP contribution in [0.15, 0.2) is 24.3 Å². The zero-order valence-corrected chi connectivity index (χ0v) is 17.2. The van der Waals surface area contributed by atoms with Gasteiger partial charge >= 0.3 is 5.97 Å². The van der Waals surface area contributed by atoms with E-state index in [0.717, 1.165) is 48.0 Å². The number of hydrogen-bond acceptors (Lipinski definition) is 4. The smallest absolute Gasteiger partial charge is 0.302 e. The Labute approximate surface area is 167 Å². The lowest BCUT2D eigenvalue weighted by atomic mass is 10.1. The predicted molar refractivity (Wildman–Crippen MR) is 111 cm³/mol. The number of benzene rings is 1. The van der Waals surface area contributed by atoms with Crippen molar-refractivity contribution < 1.29 is 14.3 Å². The zero-order valence-electron chi connectivity index (χ0n) is 16.4. The molecule has 0 radical (unpaired) electrons. The van der Waals surface area contributed by atoms with Gasteiger partial charge in [0.15, 0.2) is 0 Å². The van der Waals surface area contributed by atoms with Gasteiger partial charge in [-0.05, 0) is 43.5 Å². The summed E-state index contributed by atoms with van der Waals surface area (Å²) in [5.74, 6) is 0.586. The third kappa shape index (κ3) is 7.37. The Bertz CT molecular complexity index is 733. The van der Waals surface area contributed by atoms with E-state index in [1.54, 1.807) is 7.11 Å². The third-order valence-electron chi connectivity index (χ3n) is 4.68. The number of rotatable bonds is 12. The van der Waals surface area contributed by atoms with Crippen LogP contribution in [0.5, 0.6) is 5.75 Å². The Morgan fingerprint density at radius 1 is 0.963 bits per heavy atom. The lowest BCUT2D eigenvalue weighted by Gasteiger charge is -2.08. The van der Waals surface area contributed by atoms with Crippen molar-refractivity contribution in [1.29, 1.82) is 0 Å². The summed E-state index contributed by atoms with van der Waals surface area (Å²) >= 11 is 6.25. The van der Waals surface area contributed by atoms with Gasteiger partial charge in [-0.15, -0.1) is 0 Å². The number of aryl methyl sites for hydroxylation is 1. The monoisotopic (exact) mass is 391 g/mol. The highest BCUT2D eigenvalue weighted by Gasteiger charge is 2.08. The molecule has 0 saturated heterocycles. The number of methoxy groups -OCH3 is 1. The molecule has 0 saturated carbocycles. The maximum atomic E-state index is 10.7. The summed E-state index contributed by atoms with van der Waals surface area (Å²) in [5, 5.41) is 1.64. The van der Waals surface area contributed by atoms with Gasteiger partial charge in [-0.2, -0.15) is 0 Å². The SMILES string of the molecule is COc1ccc(Cl)c2ccc(CCCCCCCCCCOC(C)=O)nc12. The van der Waals surface area contributed by atoms with Crippen LogP contribution >= 0.6 is 11.6 Å². The molecule has 1 heterocycles. The van der Waals surface area contributed by atoms with Crippen molar-refractivity contribution in [2.24, 2.45) is 0 Å². The first-order valence-electron chi connectivity index (χ1n) is 9.87. The molecular weight excluding hydrogens is 362 g/mol. The van der Waals surface area contributed by atoms with E-state index >= 15 is 0 Å². The van der Waals surface area contributed by atoms with Crippen LogP contribution in [0.4, 0.5) is 0 Å². The number of fused-ring (bicyclic) bond motifs is 1. The fourth-order valence-electron chi connectivity index (χ4n) is 3.19. The number of pyridine rings is 1. The van der Waals surface area contributed by atoms with Gasteiger partial charge in [0.2, 0.25) is 0 Å². The number of nitrogens with zero attached hydrogens (tertiary/aromatic N) is 1. The normalized spacial score (nSPS) is 10.9. The van der Waals surface area contributed by atoms with E-state index < -0.39 is 0 Å². The van der Waals surface area contributed by atoms with Crippen LogP contribution in [0.2, 0.25) is 5.02 Å². The number of esters is 1. The second kappa shape index (κ2) is 11.8. The molecule has 0 aliphatic carbocycles. The third-order valence-corrected chi connectivity index (χ3v) is 5.01. The van der Waals surface area contributed by atoms with Crippen LogP contribution in [-0.2, 0) is 16.0 Å². The second-order valence-electron chi connectivity index (χ2n) is 6.87. The number of halogens is 1. The molecule has 0 fully saturated rings. The van der Waals surface area contributed by atoms with Crippen molar-refractivity contribution in [3.8, 4) is 5.75 Å². The molecule has 27 heavy (non-hydrogen) atoms. The number of ether oxygens (including phenoxy) is 2. The van der Waals surface area contributed by atoms with Gasteiger partial charge in [-0.1, -0.05) is 50.1 Å². The van der Waals surface area contributed by atoms with Crippen molar-refractivity contribution in [3.63, 3.8) is 0 Å². The molecule has 4 nitrogen and oxygen atoms in total. The van der Waals surface area contributed by atoms with Gasteiger partial charge < -0.3 is 9.47 Å². The first-order chi connectivity index (χ1) is 13.1. The van der Waals surface area contributed by atoms with E-state index in [2.05, 4.69) is 6.07 Å². The van der Waals surface area contributed by atoms with Gasteiger partial charge in [-0.25, -0.2) is 4.98 Å².